The van der Waals surface area contributed by atoms with Gasteiger partial charge < -0.3 is 10.6 Å². The van der Waals surface area contributed by atoms with Gasteiger partial charge in [-0.25, -0.2) is 0 Å². The maximum Gasteiger partial charge on any atom is 0.253 e. The lowest BCUT2D eigenvalue weighted by molar-refractivity contribution is -0.136. The molecule has 116 valence electrons. The summed E-state index contributed by atoms with van der Waals surface area (Å²) in [5, 5.41) is 6.14. The van der Waals surface area contributed by atoms with Crippen molar-refractivity contribution in [3.8, 4) is 0 Å². The van der Waals surface area contributed by atoms with E-state index in [1.54, 1.807) is 0 Å². The molecule has 0 aromatic rings. The summed E-state index contributed by atoms with van der Waals surface area (Å²) in [5.74, 6) is 0.346. The van der Waals surface area contributed by atoms with Crippen LogP contribution in [-0.4, -0.2) is 48.8 Å². The number of rotatable bonds is 9. The predicted molar refractivity (Wildman–Crippen MR) is 78.3 cm³/mol. The number of carbonyl (C=O) groups excluding carboxylic acids is 3. The first kappa shape index (κ1) is 15.7. The monoisotopic (exact) mass is 293 g/mol. The van der Waals surface area contributed by atoms with Gasteiger partial charge in [-0.05, 0) is 38.3 Å². The van der Waals surface area contributed by atoms with Crippen molar-refractivity contribution in [2.24, 2.45) is 5.92 Å². The van der Waals surface area contributed by atoms with Gasteiger partial charge in [0.05, 0.1) is 0 Å². The first-order valence-corrected chi connectivity index (χ1v) is 7.68. The second-order valence-corrected chi connectivity index (χ2v) is 5.64. The third-order valence-electron chi connectivity index (χ3n) is 3.93. The number of hydrogen-bond donors (Lipinski definition) is 2. The molecule has 1 saturated heterocycles. The van der Waals surface area contributed by atoms with Gasteiger partial charge in [0.25, 0.3) is 11.8 Å². The van der Waals surface area contributed by atoms with Crippen LogP contribution in [0.1, 0.15) is 32.1 Å². The van der Waals surface area contributed by atoms with Gasteiger partial charge in [0, 0.05) is 31.7 Å². The Balaban J connectivity index is 1.44. The highest BCUT2D eigenvalue weighted by atomic mass is 16.2. The summed E-state index contributed by atoms with van der Waals surface area (Å²) >= 11 is 0. The van der Waals surface area contributed by atoms with Crippen LogP contribution >= 0.6 is 0 Å². The van der Waals surface area contributed by atoms with E-state index < -0.39 is 0 Å². The number of imide groups is 1. The molecule has 0 atom stereocenters. The zero-order chi connectivity index (χ0) is 15.1. The normalized spacial score (nSPS) is 18.2. The summed E-state index contributed by atoms with van der Waals surface area (Å²) in [5.41, 5.74) is 0. The Bertz CT molecular complexity index is 412. The van der Waals surface area contributed by atoms with Crippen LogP contribution in [0.15, 0.2) is 12.2 Å². The molecule has 1 fully saturated rings. The Labute approximate surface area is 124 Å². The molecule has 0 saturated carbocycles. The molecule has 3 amide bonds. The van der Waals surface area contributed by atoms with Crippen LogP contribution < -0.4 is 10.6 Å². The Morgan fingerprint density at radius 1 is 1.19 bits per heavy atom. The van der Waals surface area contributed by atoms with Crippen LogP contribution in [0.4, 0.5) is 0 Å². The Morgan fingerprint density at radius 3 is 2.52 bits per heavy atom. The number of unbranched alkanes of at least 4 members (excludes halogenated alkanes) is 2. The fourth-order valence-corrected chi connectivity index (χ4v) is 2.44. The quantitative estimate of drug-likeness (QED) is 0.470. The lowest BCUT2D eigenvalue weighted by Gasteiger charge is -2.26. The maximum absolute atomic E-state index is 11.6. The molecule has 2 rings (SSSR count). The summed E-state index contributed by atoms with van der Waals surface area (Å²) in [6, 6.07) is 0. The molecule has 6 heteroatoms. The van der Waals surface area contributed by atoms with Crippen molar-refractivity contribution in [3.63, 3.8) is 0 Å². The van der Waals surface area contributed by atoms with Crippen LogP contribution in [0, 0.1) is 5.92 Å². The number of nitrogens with one attached hydrogen (secondary N) is 2. The number of nitrogens with zero attached hydrogens (tertiary/aromatic N) is 1. The minimum absolute atomic E-state index is 0.0947. The van der Waals surface area contributed by atoms with Gasteiger partial charge in [0.2, 0.25) is 5.91 Å². The van der Waals surface area contributed by atoms with E-state index in [0.29, 0.717) is 13.0 Å². The molecule has 2 aliphatic rings. The molecule has 2 heterocycles. The zero-order valence-corrected chi connectivity index (χ0v) is 12.3. The first-order chi connectivity index (χ1) is 10.2. The molecule has 0 unspecified atom stereocenters. The molecule has 0 spiro atoms. The SMILES string of the molecule is O=C(CCCCCN1C(=O)C=CC1=O)NCCC1CNC1. The third-order valence-corrected chi connectivity index (χ3v) is 3.93. The average Bonchev–Trinajstić information content (AvgIpc) is 2.72. The smallest absolute Gasteiger partial charge is 0.253 e. The summed E-state index contributed by atoms with van der Waals surface area (Å²) in [6.07, 6.45) is 6.55. The summed E-state index contributed by atoms with van der Waals surface area (Å²) in [6.45, 7) is 3.34. The molecule has 0 radical (unpaired) electrons. The van der Waals surface area contributed by atoms with Crippen molar-refractivity contribution >= 4 is 17.7 Å². The first-order valence-electron chi connectivity index (χ1n) is 7.68. The fraction of sp³-hybridized carbons (Fsp3) is 0.667. The number of amides is 3. The van der Waals surface area contributed by atoms with Gasteiger partial charge in [0.1, 0.15) is 0 Å². The van der Waals surface area contributed by atoms with E-state index in [1.165, 1.54) is 17.1 Å². The van der Waals surface area contributed by atoms with Gasteiger partial charge in [-0.15, -0.1) is 0 Å². The van der Waals surface area contributed by atoms with Crippen LogP contribution in [0.3, 0.4) is 0 Å². The van der Waals surface area contributed by atoms with E-state index in [-0.39, 0.29) is 17.7 Å². The van der Waals surface area contributed by atoms with Gasteiger partial charge in [-0.3, -0.25) is 19.3 Å². The molecule has 0 aromatic carbocycles. The number of hydrogen-bond acceptors (Lipinski definition) is 4. The van der Waals surface area contributed by atoms with E-state index in [9.17, 15) is 14.4 Å². The largest absolute Gasteiger partial charge is 0.356 e. The summed E-state index contributed by atoms with van der Waals surface area (Å²) in [4.78, 5) is 35.5. The lowest BCUT2D eigenvalue weighted by atomic mass is 9.99. The van der Waals surface area contributed by atoms with Crippen LogP contribution in [-0.2, 0) is 14.4 Å². The molecule has 0 aliphatic carbocycles. The predicted octanol–water partition coefficient (Wildman–Crippen LogP) is 0.198. The highest BCUT2D eigenvalue weighted by Gasteiger charge is 2.22. The molecule has 2 N–H and O–H groups in total. The average molecular weight is 293 g/mol. The lowest BCUT2D eigenvalue weighted by Crippen LogP contribution is -2.43. The zero-order valence-electron chi connectivity index (χ0n) is 12.3. The van der Waals surface area contributed by atoms with Crippen molar-refractivity contribution in [1.82, 2.24) is 15.5 Å². The van der Waals surface area contributed by atoms with Gasteiger partial charge in [-0.2, -0.15) is 0 Å². The minimum atomic E-state index is -0.233. The van der Waals surface area contributed by atoms with Crippen molar-refractivity contribution < 1.29 is 14.4 Å². The molecule has 21 heavy (non-hydrogen) atoms. The van der Waals surface area contributed by atoms with Crippen molar-refractivity contribution in [2.45, 2.75) is 32.1 Å². The minimum Gasteiger partial charge on any atom is -0.356 e. The van der Waals surface area contributed by atoms with Crippen molar-refractivity contribution in [3.05, 3.63) is 12.2 Å². The van der Waals surface area contributed by atoms with Gasteiger partial charge >= 0.3 is 0 Å². The van der Waals surface area contributed by atoms with E-state index in [1.807, 2.05) is 0 Å². The summed E-state index contributed by atoms with van der Waals surface area (Å²) in [7, 11) is 0. The van der Waals surface area contributed by atoms with Crippen LogP contribution in [0.2, 0.25) is 0 Å². The van der Waals surface area contributed by atoms with Gasteiger partial charge in [0.15, 0.2) is 0 Å². The van der Waals surface area contributed by atoms with Crippen molar-refractivity contribution in [2.75, 3.05) is 26.2 Å². The second-order valence-electron chi connectivity index (χ2n) is 5.64. The van der Waals surface area contributed by atoms with Crippen LogP contribution in [0.5, 0.6) is 0 Å². The van der Waals surface area contributed by atoms with E-state index >= 15 is 0 Å². The van der Waals surface area contributed by atoms with E-state index in [0.717, 1.165) is 51.2 Å². The standard InChI is InChI=1S/C15H23N3O3/c19-13(17-8-7-12-10-16-11-12)4-2-1-3-9-18-14(20)5-6-15(18)21/h5-6,12,16H,1-4,7-11H2,(H,17,19). The molecule has 0 aromatic heterocycles. The maximum atomic E-state index is 11.6. The molecule has 6 nitrogen and oxygen atoms in total. The van der Waals surface area contributed by atoms with Crippen LogP contribution in [0.25, 0.3) is 0 Å². The van der Waals surface area contributed by atoms with Crippen molar-refractivity contribution in [1.29, 1.82) is 0 Å². The van der Waals surface area contributed by atoms with Gasteiger partial charge in [-0.1, -0.05) is 6.42 Å². The Morgan fingerprint density at radius 2 is 1.90 bits per heavy atom. The Kier molecular flexibility index (Phi) is 5.92. The Hall–Kier alpha value is -1.69. The molecular weight excluding hydrogens is 270 g/mol. The fourth-order valence-electron chi connectivity index (χ4n) is 2.44. The molecule has 2 aliphatic heterocycles. The van der Waals surface area contributed by atoms with E-state index in [2.05, 4.69) is 10.6 Å². The summed E-state index contributed by atoms with van der Waals surface area (Å²) < 4.78 is 0. The molecule has 0 bridgehead atoms. The number of carbonyl (C=O) groups is 3. The second kappa shape index (κ2) is 7.93. The third kappa shape index (κ3) is 4.97. The highest BCUT2D eigenvalue weighted by Crippen LogP contribution is 2.08. The topological polar surface area (TPSA) is 78.5 Å². The van der Waals surface area contributed by atoms with E-state index in [4.69, 9.17) is 0 Å². The molecular formula is C15H23N3O3. The highest BCUT2D eigenvalue weighted by molar-refractivity contribution is 6.12.